The lowest BCUT2D eigenvalue weighted by Gasteiger charge is -2.13. The SMILES string of the molecule is CC(=O)Nc1ccc(Cl)cc1NCC(=O)Nc1ccc(C#N)c(Cl)c1. The van der Waals surface area contributed by atoms with E-state index in [1.54, 1.807) is 24.3 Å². The molecule has 0 radical (unpaired) electrons. The molecule has 0 saturated carbocycles. The van der Waals surface area contributed by atoms with Gasteiger partial charge in [0.25, 0.3) is 0 Å². The van der Waals surface area contributed by atoms with Gasteiger partial charge >= 0.3 is 0 Å². The summed E-state index contributed by atoms with van der Waals surface area (Å²) in [6.07, 6.45) is 0. The molecule has 0 aromatic heterocycles. The minimum Gasteiger partial charge on any atom is -0.374 e. The third-order valence-corrected chi connectivity index (χ3v) is 3.65. The zero-order valence-electron chi connectivity index (χ0n) is 13.2. The molecule has 0 aliphatic heterocycles. The van der Waals surface area contributed by atoms with Gasteiger partial charge in [-0.3, -0.25) is 9.59 Å². The van der Waals surface area contributed by atoms with Crippen LogP contribution in [-0.4, -0.2) is 18.4 Å². The molecule has 0 heterocycles. The quantitative estimate of drug-likeness (QED) is 0.737. The van der Waals surface area contributed by atoms with Gasteiger partial charge in [-0.15, -0.1) is 0 Å². The summed E-state index contributed by atoms with van der Waals surface area (Å²) in [6.45, 7) is 1.34. The van der Waals surface area contributed by atoms with Crippen molar-refractivity contribution in [1.82, 2.24) is 0 Å². The molecule has 0 bridgehead atoms. The summed E-state index contributed by atoms with van der Waals surface area (Å²) >= 11 is 11.9. The minimum atomic E-state index is -0.325. The van der Waals surface area contributed by atoms with Crippen LogP contribution in [0.3, 0.4) is 0 Å². The van der Waals surface area contributed by atoms with E-state index in [9.17, 15) is 9.59 Å². The molecule has 25 heavy (non-hydrogen) atoms. The van der Waals surface area contributed by atoms with Gasteiger partial charge in [0.2, 0.25) is 11.8 Å². The van der Waals surface area contributed by atoms with Crippen LogP contribution in [0.25, 0.3) is 0 Å². The number of carbonyl (C=O) groups is 2. The van der Waals surface area contributed by atoms with Gasteiger partial charge in [0.15, 0.2) is 0 Å². The zero-order valence-corrected chi connectivity index (χ0v) is 14.7. The van der Waals surface area contributed by atoms with E-state index in [0.29, 0.717) is 27.6 Å². The van der Waals surface area contributed by atoms with Crippen LogP contribution in [0.5, 0.6) is 0 Å². The molecule has 0 unspecified atom stereocenters. The summed E-state index contributed by atoms with van der Waals surface area (Å²) in [4.78, 5) is 23.3. The van der Waals surface area contributed by atoms with Crippen molar-refractivity contribution in [1.29, 1.82) is 5.26 Å². The summed E-state index contributed by atoms with van der Waals surface area (Å²) in [6, 6.07) is 11.4. The Hall–Kier alpha value is -2.75. The van der Waals surface area contributed by atoms with E-state index >= 15 is 0 Å². The molecule has 0 fully saturated rings. The van der Waals surface area contributed by atoms with Crippen LogP contribution in [0.1, 0.15) is 12.5 Å². The first-order valence-electron chi connectivity index (χ1n) is 7.19. The first-order valence-corrected chi connectivity index (χ1v) is 7.95. The number of nitrogens with zero attached hydrogens (tertiary/aromatic N) is 1. The normalized spacial score (nSPS) is 9.84. The van der Waals surface area contributed by atoms with Crippen LogP contribution in [0, 0.1) is 11.3 Å². The van der Waals surface area contributed by atoms with Gasteiger partial charge in [-0.25, -0.2) is 0 Å². The average molecular weight is 377 g/mol. The first kappa shape index (κ1) is 18.6. The van der Waals surface area contributed by atoms with Crippen LogP contribution in [0.4, 0.5) is 17.1 Å². The van der Waals surface area contributed by atoms with Gasteiger partial charge in [0, 0.05) is 17.6 Å². The molecule has 6 nitrogen and oxygen atoms in total. The van der Waals surface area contributed by atoms with Crippen molar-refractivity contribution in [2.75, 3.05) is 22.5 Å². The lowest BCUT2D eigenvalue weighted by molar-refractivity contribution is -0.115. The molecule has 3 N–H and O–H groups in total. The second-order valence-electron chi connectivity index (χ2n) is 5.08. The Labute approximate surface area is 154 Å². The molecule has 2 amide bonds. The van der Waals surface area contributed by atoms with Crippen LogP contribution < -0.4 is 16.0 Å². The number of hydrogen-bond acceptors (Lipinski definition) is 4. The molecular formula is C17H14Cl2N4O2. The third kappa shape index (κ3) is 5.38. The van der Waals surface area contributed by atoms with Crippen molar-refractivity contribution >= 4 is 52.1 Å². The molecule has 2 rings (SSSR count). The summed E-state index contributed by atoms with van der Waals surface area (Å²) in [5, 5.41) is 17.8. The van der Waals surface area contributed by atoms with E-state index in [-0.39, 0.29) is 23.4 Å². The second-order valence-corrected chi connectivity index (χ2v) is 5.92. The maximum atomic E-state index is 12.1. The molecule has 0 aliphatic rings. The Balaban J connectivity index is 2.03. The number of benzene rings is 2. The van der Waals surface area contributed by atoms with Gasteiger partial charge < -0.3 is 16.0 Å². The molecule has 2 aromatic carbocycles. The number of anilines is 3. The molecule has 0 aliphatic carbocycles. The third-order valence-electron chi connectivity index (χ3n) is 3.11. The maximum Gasteiger partial charge on any atom is 0.243 e. The number of nitriles is 1. The molecule has 128 valence electrons. The molecular weight excluding hydrogens is 363 g/mol. The predicted octanol–water partition coefficient (Wildman–Crippen LogP) is 3.87. The van der Waals surface area contributed by atoms with E-state index in [0.717, 1.165) is 0 Å². The highest BCUT2D eigenvalue weighted by molar-refractivity contribution is 6.32. The largest absolute Gasteiger partial charge is 0.374 e. The van der Waals surface area contributed by atoms with Gasteiger partial charge in [-0.05, 0) is 36.4 Å². The minimum absolute atomic E-state index is 0.0510. The fourth-order valence-electron chi connectivity index (χ4n) is 2.03. The van der Waals surface area contributed by atoms with Crippen molar-refractivity contribution in [2.45, 2.75) is 6.92 Å². The van der Waals surface area contributed by atoms with Crippen molar-refractivity contribution in [2.24, 2.45) is 0 Å². The van der Waals surface area contributed by atoms with Gasteiger partial charge in [-0.1, -0.05) is 23.2 Å². The van der Waals surface area contributed by atoms with Crippen LogP contribution in [0.2, 0.25) is 10.0 Å². The van der Waals surface area contributed by atoms with Crippen LogP contribution in [0.15, 0.2) is 36.4 Å². The number of carbonyl (C=O) groups excluding carboxylic acids is 2. The topological polar surface area (TPSA) is 94.0 Å². The molecule has 0 spiro atoms. The van der Waals surface area contributed by atoms with E-state index in [1.165, 1.54) is 19.1 Å². The smallest absolute Gasteiger partial charge is 0.243 e. The van der Waals surface area contributed by atoms with Gasteiger partial charge in [0.05, 0.1) is 28.5 Å². The monoisotopic (exact) mass is 376 g/mol. The number of halogens is 2. The van der Waals surface area contributed by atoms with Crippen molar-refractivity contribution in [3.63, 3.8) is 0 Å². The summed E-state index contributed by atoms with van der Waals surface area (Å²) in [5.41, 5.74) is 1.85. The van der Waals surface area contributed by atoms with Gasteiger partial charge in [-0.2, -0.15) is 5.26 Å². The second kappa shape index (κ2) is 8.38. The van der Waals surface area contributed by atoms with Gasteiger partial charge in [0.1, 0.15) is 6.07 Å². The van der Waals surface area contributed by atoms with E-state index in [2.05, 4.69) is 16.0 Å². The Morgan fingerprint density at radius 1 is 1.08 bits per heavy atom. The fraction of sp³-hybridized carbons (Fsp3) is 0.118. The highest BCUT2D eigenvalue weighted by Gasteiger charge is 2.09. The number of nitrogens with one attached hydrogen (secondary N) is 3. The average Bonchev–Trinajstić information content (AvgIpc) is 2.55. The van der Waals surface area contributed by atoms with Crippen molar-refractivity contribution in [3.8, 4) is 6.07 Å². The maximum absolute atomic E-state index is 12.1. The number of rotatable bonds is 5. The van der Waals surface area contributed by atoms with Crippen molar-refractivity contribution < 1.29 is 9.59 Å². The molecule has 2 aromatic rings. The lowest BCUT2D eigenvalue weighted by Crippen LogP contribution is -2.22. The molecule has 0 saturated heterocycles. The predicted molar refractivity (Wildman–Crippen MR) is 99.0 cm³/mol. The zero-order chi connectivity index (χ0) is 18.4. The fourth-order valence-corrected chi connectivity index (χ4v) is 2.42. The molecule has 0 atom stereocenters. The van der Waals surface area contributed by atoms with E-state index in [4.69, 9.17) is 28.5 Å². The Kier molecular flexibility index (Phi) is 6.23. The Morgan fingerprint density at radius 2 is 1.84 bits per heavy atom. The molecule has 8 heteroatoms. The number of amides is 2. The summed E-state index contributed by atoms with van der Waals surface area (Å²) in [5.74, 6) is -0.559. The van der Waals surface area contributed by atoms with E-state index < -0.39 is 0 Å². The Morgan fingerprint density at radius 3 is 2.48 bits per heavy atom. The van der Waals surface area contributed by atoms with Crippen LogP contribution in [-0.2, 0) is 9.59 Å². The standard InChI is InChI=1S/C17H14Cl2N4O2/c1-10(24)22-15-5-3-12(18)6-16(15)21-9-17(25)23-13-4-2-11(8-20)14(19)7-13/h2-7,21H,9H2,1H3,(H,22,24)(H,23,25). The van der Waals surface area contributed by atoms with Crippen molar-refractivity contribution in [3.05, 3.63) is 52.0 Å². The number of hydrogen-bond donors (Lipinski definition) is 3. The highest BCUT2D eigenvalue weighted by atomic mass is 35.5. The lowest BCUT2D eigenvalue weighted by atomic mass is 10.2. The first-order chi connectivity index (χ1) is 11.9. The van der Waals surface area contributed by atoms with Crippen LogP contribution >= 0.6 is 23.2 Å². The highest BCUT2D eigenvalue weighted by Crippen LogP contribution is 2.26. The summed E-state index contributed by atoms with van der Waals surface area (Å²) < 4.78 is 0. The Bertz CT molecular complexity index is 862. The van der Waals surface area contributed by atoms with E-state index in [1.807, 2.05) is 6.07 Å². The summed E-state index contributed by atoms with van der Waals surface area (Å²) in [7, 11) is 0.